The minimum Gasteiger partial charge on any atom is -0.394 e. The molecule has 1 aromatic heterocycles. The van der Waals surface area contributed by atoms with Gasteiger partial charge < -0.3 is 15.7 Å². The molecular formula is C10H18N4O. The topological polar surface area (TPSA) is 70.1 Å². The van der Waals surface area contributed by atoms with E-state index in [2.05, 4.69) is 20.6 Å². The number of nitrogens with one attached hydrogen (secondary N) is 2. The molecule has 5 heteroatoms. The van der Waals surface area contributed by atoms with Crippen molar-refractivity contribution in [3.63, 3.8) is 0 Å². The van der Waals surface area contributed by atoms with Crippen molar-refractivity contribution in [1.29, 1.82) is 0 Å². The first-order valence-electron chi connectivity index (χ1n) is 5.11. The van der Waals surface area contributed by atoms with Crippen LogP contribution in [0.15, 0.2) is 6.33 Å². The van der Waals surface area contributed by atoms with Crippen LogP contribution in [0.5, 0.6) is 0 Å². The molecule has 0 aliphatic heterocycles. The summed E-state index contributed by atoms with van der Waals surface area (Å²) < 4.78 is 0. The summed E-state index contributed by atoms with van der Waals surface area (Å²) in [5.74, 6) is 1.60. The van der Waals surface area contributed by atoms with Gasteiger partial charge in [-0.05, 0) is 20.8 Å². The van der Waals surface area contributed by atoms with Crippen molar-refractivity contribution in [2.45, 2.75) is 26.8 Å². The van der Waals surface area contributed by atoms with Crippen LogP contribution in [0.4, 0.5) is 11.6 Å². The van der Waals surface area contributed by atoms with Crippen molar-refractivity contribution >= 4 is 11.6 Å². The molecule has 3 N–H and O–H groups in total. The molecular weight excluding hydrogens is 192 g/mol. The lowest BCUT2D eigenvalue weighted by Crippen LogP contribution is -2.21. The van der Waals surface area contributed by atoms with E-state index >= 15 is 0 Å². The maximum absolute atomic E-state index is 8.94. The summed E-state index contributed by atoms with van der Waals surface area (Å²) in [5, 5.41) is 15.2. The van der Waals surface area contributed by atoms with Crippen LogP contribution in [0.1, 0.15) is 19.4 Å². The van der Waals surface area contributed by atoms with E-state index in [1.807, 2.05) is 20.8 Å². The molecule has 0 bridgehead atoms. The minimum atomic E-state index is -0.00641. The van der Waals surface area contributed by atoms with Crippen LogP contribution in [0, 0.1) is 6.92 Å². The van der Waals surface area contributed by atoms with E-state index in [1.165, 1.54) is 6.33 Å². The molecule has 1 atom stereocenters. The second kappa shape index (κ2) is 5.50. The average molecular weight is 210 g/mol. The van der Waals surface area contributed by atoms with Crippen LogP contribution in [-0.4, -0.2) is 34.3 Å². The lowest BCUT2D eigenvalue weighted by molar-refractivity contribution is 0.281. The number of nitrogens with zero attached hydrogens (tertiary/aromatic N) is 2. The summed E-state index contributed by atoms with van der Waals surface area (Å²) in [6.45, 7) is 6.77. The van der Waals surface area contributed by atoms with Crippen molar-refractivity contribution in [1.82, 2.24) is 9.97 Å². The molecule has 1 unspecified atom stereocenters. The molecule has 1 rings (SSSR count). The van der Waals surface area contributed by atoms with Crippen molar-refractivity contribution < 1.29 is 5.11 Å². The first-order chi connectivity index (χ1) is 7.19. The highest BCUT2D eigenvalue weighted by Gasteiger charge is 2.08. The van der Waals surface area contributed by atoms with E-state index in [1.54, 1.807) is 0 Å². The Hall–Kier alpha value is -1.36. The zero-order valence-corrected chi connectivity index (χ0v) is 9.41. The van der Waals surface area contributed by atoms with E-state index in [0.29, 0.717) is 0 Å². The number of anilines is 2. The molecule has 0 aliphatic carbocycles. The predicted molar refractivity (Wildman–Crippen MR) is 61.1 cm³/mol. The van der Waals surface area contributed by atoms with E-state index < -0.39 is 0 Å². The van der Waals surface area contributed by atoms with Gasteiger partial charge in [-0.3, -0.25) is 0 Å². The molecule has 5 nitrogen and oxygen atoms in total. The zero-order valence-electron chi connectivity index (χ0n) is 9.41. The van der Waals surface area contributed by atoms with Gasteiger partial charge in [0.25, 0.3) is 0 Å². The maximum atomic E-state index is 8.94. The molecule has 1 heterocycles. The lowest BCUT2D eigenvalue weighted by atomic mass is 10.2. The highest BCUT2D eigenvalue weighted by molar-refractivity contribution is 5.56. The molecule has 1 aromatic rings. The Balaban J connectivity index is 2.84. The van der Waals surface area contributed by atoms with Gasteiger partial charge in [0.1, 0.15) is 18.0 Å². The fourth-order valence-electron chi connectivity index (χ4n) is 1.22. The molecule has 84 valence electrons. The second-order valence-electron chi connectivity index (χ2n) is 3.45. The molecule has 0 aromatic carbocycles. The van der Waals surface area contributed by atoms with Crippen LogP contribution in [0.3, 0.4) is 0 Å². The minimum absolute atomic E-state index is 0.00641. The molecule has 0 amide bonds. The summed E-state index contributed by atoms with van der Waals surface area (Å²) in [6.07, 6.45) is 1.51. The predicted octanol–water partition coefficient (Wildman–Crippen LogP) is 1.01. The summed E-state index contributed by atoms with van der Waals surface area (Å²) in [6, 6.07) is -0.00641. The Morgan fingerprint density at radius 3 is 2.67 bits per heavy atom. The van der Waals surface area contributed by atoms with Gasteiger partial charge in [0, 0.05) is 18.2 Å². The second-order valence-corrected chi connectivity index (χ2v) is 3.45. The van der Waals surface area contributed by atoms with E-state index in [4.69, 9.17) is 5.11 Å². The summed E-state index contributed by atoms with van der Waals surface area (Å²) in [5.41, 5.74) is 0.972. The van der Waals surface area contributed by atoms with Crippen molar-refractivity contribution in [3.8, 4) is 0 Å². The van der Waals surface area contributed by atoms with Gasteiger partial charge in [0.15, 0.2) is 0 Å². The summed E-state index contributed by atoms with van der Waals surface area (Å²) >= 11 is 0. The van der Waals surface area contributed by atoms with Crippen LogP contribution in [0.25, 0.3) is 0 Å². The van der Waals surface area contributed by atoms with Crippen LogP contribution >= 0.6 is 0 Å². The van der Waals surface area contributed by atoms with Gasteiger partial charge in [0.2, 0.25) is 0 Å². The van der Waals surface area contributed by atoms with Gasteiger partial charge in [-0.15, -0.1) is 0 Å². The SMILES string of the molecule is CCNc1ncnc(NC(C)CO)c1C. The van der Waals surface area contributed by atoms with E-state index in [-0.39, 0.29) is 12.6 Å². The van der Waals surface area contributed by atoms with Crippen LogP contribution in [0.2, 0.25) is 0 Å². The van der Waals surface area contributed by atoms with Gasteiger partial charge >= 0.3 is 0 Å². The third-order valence-corrected chi connectivity index (χ3v) is 2.09. The van der Waals surface area contributed by atoms with Gasteiger partial charge in [0.05, 0.1) is 6.61 Å². The Morgan fingerprint density at radius 1 is 1.40 bits per heavy atom. The Morgan fingerprint density at radius 2 is 2.07 bits per heavy atom. The quantitative estimate of drug-likeness (QED) is 0.676. The first kappa shape index (κ1) is 11.7. The largest absolute Gasteiger partial charge is 0.394 e. The molecule has 15 heavy (non-hydrogen) atoms. The molecule has 0 spiro atoms. The fraction of sp³-hybridized carbons (Fsp3) is 0.600. The van der Waals surface area contributed by atoms with Gasteiger partial charge in [-0.25, -0.2) is 9.97 Å². The average Bonchev–Trinajstić information content (AvgIpc) is 2.24. The van der Waals surface area contributed by atoms with E-state index in [0.717, 1.165) is 23.7 Å². The Kier molecular flexibility index (Phi) is 4.30. The number of rotatable bonds is 5. The first-order valence-corrected chi connectivity index (χ1v) is 5.11. The standard InChI is InChI=1S/C10H18N4O/c1-4-11-9-8(3)10(13-6-12-9)14-7(2)5-15/h6-7,15H,4-5H2,1-3H3,(H2,11,12,13,14). The Bertz CT molecular complexity index is 316. The maximum Gasteiger partial charge on any atom is 0.134 e. The lowest BCUT2D eigenvalue weighted by Gasteiger charge is -2.15. The molecule has 0 aliphatic rings. The number of aromatic nitrogens is 2. The third kappa shape index (κ3) is 3.06. The van der Waals surface area contributed by atoms with E-state index in [9.17, 15) is 0 Å². The molecule has 0 saturated carbocycles. The van der Waals surface area contributed by atoms with Gasteiger partial charge in [-0.2, -0.15) is 0 Å². The molecule has 0 radical (unpaired) electrons. The van der Waals surface area contributed by atoms with Crippen molar-refractivity contribution in [2.24, 2.45) is 0 Å². The third-order valence-electron chi connectivity index (χ3n) is 2.09. The van der Waals surface area contributed by atoms with Crippen LogP contribution in [-0.2, 0) is 0 Å². The van der Waals surface area contributed by atoms with Crippen molar-refractivity contribution in [2.75, 3.05) is 23.8 Å². The normalized spacial score (nSPS) is 12.3. The highest BCUT2D eigenvalue weighted by atomic mass is 16.3. The van der Waals surface area contributed by atoms with Crippen molar-refractivity contribution in [3.05, 3.63) is 11.9 Å². The highest BCUT2D eigenvalue weighted by Crippen LogP contribution is 2.18. The number of hydrogen-bond acceptors (Lipinski definition) is 5. The molecule has 0 fully saturated rings. The number of hydrogen-bond donors (Lipinski definition) is 3. The van der Waals surface area contributed by atoms with Crippen LogP contribution < -0.4 is 10.6 Å². The number of aliphatic hydroxyl groups is 1. The summed E-state index contributed by atoms with van der Waals surface area (Å²) in [7, 11) is 0. The molecule has 0 saturated heterocycles. The number of aliphatic hydroxyl groups excluding tert-OH is 1. The Labute approximate surface area is 90.0 Å². The smallest absolute Gasteiger partial charge is 0.134 e. The van der Waals surface area contributed by atoms with Gasteiger partial charge in [-0.1, -0.05) is 0 Å². The monoisotopic (exact) mass is 210 g/mol. The zero-order chi connectivity index (χ0) is 11.3. The fourth-order valence-corrected chi connectivity index (χ4v) is 1.22. The summed E-state index contributed by atoms with van der Waals surface area (Å²) in [4.78, 5) is 8.27.